The van der Waals surface area contributed by atoms with Gasteiger partial charge in [-0.05, 0) is 56.6 Å². The number of fused-ring (bicyclic) bond motifs is 1. The first-order valence-electron chi connectivity index (χ1n) is 11.2. The normalized spacial score (nSPS) is 25.8. The van der Waals surface area contributed by atoms with Crippen molar-refractivity contribution in [3.63, 3.8) is 0 Å². The molecule has 0 unspecified atom stereocenters. The van der Waals surface area contributed by atoms with Crippen LogP contribution in [0.2, 0.25) is 0 Å². The van der Waals surface area contributed by atoms with Gasteiger partial charge >= 0.3 is 0 Å². The van der Waals surface area contributed by atoms with Gasteiger partial charge in [0.25, 0.3) is 0 Å². The van der Waals surface area contributed by atoms with Crippen molar-refractivity contribution in [3.8, 4) is 10.6 Å². The number of benzene rings is 1. The van der Waals surface area contributed by atoms with Gasteiger partial charge in [-0.2, -0.15) is 4.98 Å². The second-order valence-electron chi connectivity index (χ2n) is 9.60. The molecular weight excluding hydrogens is 406 g/mol. The lowest BCUT2D eigenvalue weighted by molar-refractivity contribution is 0.187. The number of hydrogen-bond donors (Lipinski definition) is 2. The molecule has 2 N–H and O–H groups in total. The summed E-state index contributed by atoms with van der Waals surface area (Å²) in [6, 6.07) is 8.30. The highest BCUT2D eigenvalue weighted by molar-refractivity contribution is 7.21. The van der Waals surface area contributed by atoms with Crippen LogP contribution >= 0.6 is 11.3 Å². The molecule has 0 saturated heterocycles. The number of aliphatic hydroxyl groups is 1. The number of thiazole rings is 1. The molecule has 0 aliphatic heterocycles. The molecule has 1 aromatic carbocycles. The summed E-state index contributed by atoms with van der Waals surface area (Å²) < 4.78 is 1.18. The average Bonchev–Trinajstić information content (AvgIpc) is 3.45. The van der Waals surface area contributed by atoms with E-state index in [9.17, 15) is 5.11 Å². The summed E-state index contributed by atoms with van der Waals surface area (Å²) in [6.45, 7) is 4.75. The van der Waals surface area contributed by atoms with Gasteiger partial charge in [0.15, 0.2) is 0 Å². The highest BCUT2D eigenvalue weighted by Crippen LogP contribution is 2.49. The lowest BCUT2D eigenvalue weighted by atomic mass is 9.86. The highest BCUT2D eigenvalue weighted by Gasteiger charge is 2.43. The van der Waals surface area contributed by atoms with Crippen LogP contribution in [0, 0.1) is 11.8 Å². The Morgan fingerprint density at radius 3 is 2.58 bits per heavy atom. The standard InChI is InChI=1S/C24H31N5OS/c1-14-16(13-30)11-12-24(14,2)28-21-19(22-25-17-7-5-6-8-18(17)31-22)20(15-9-10-15)26-23(27-21)29(3)4/h5-8,14-16,30H,9-13H2,1-4H3,(H,26,27,28)/t14-,16-,24+/m1/s1. The maximum absolute atomic E-state index is 9.82. The first-order chi connectivity index (χ1) is 14.9. The van der Waals surface area contributed by atoms with Crippen LogP contribution in [0.25, 0.3) is 20.8 Å². The minimum Gasteiger partial charge on any atom is -0.396 e. The molecule has 3 aromatic rings. The maximum Gasteiger partial charge on any atom is 0.227 e. The molecule has 0 amide bonds. The zero-order chi connectivity index (χ0) is 21.8. The zero-order valence-corrected chi connectivity index (χ0v) is 19.5. The summed E-state index contributed by atoms with van der Waals surface area (Å²) >= 11 is 1.72. The maximum atomic E-state index is 9.82. The van der Waals surface area contributed by atoms with Gasteiger partial charge in [-0.25, -0.2) is 9.97 Å². The van der Waals surface area contributed by atoms with Gasteiger partial charge < -0.3 is 15.3 Å². The van der Waals surface area contributed by atoms with Crippen molar-refractivity contribution < 1.29 is 5.11 Å². The minimum atomic E-state index is -0.127. The fourth-order valence-corrected chi connectivity index (χ4v) is 5.80. The minimum absolute atomic E-state index is 0.127. The smallest absolute Gasteiger partial charge is 0.227 e. The second kappa shape index (κ2) is 7.71. The van der Waals surface area contributed by atoms with E-state index in [4.69, 9.17) is 15.0 Å². The number of nitrogens with zero attached hydrogens (tertiary/aromatic N) is 4. The lowest BCUT2D eigenvalue weighted by Gasteiger charge is -2.34. The SMILES string of the molecule is C[C@@H]1[C@@H](CO)CC[C@]1(C)Nc1nc(N(C)C)nc(C2CC2)c1-c1nc2ccccc2s1. The summed E-state index contributed by atoms with van der Waals surface area (Å²) in [5.41, 5.74) is 3.08. The molecule has 0 spiro atoms. The second-order valence-corrected chi connectivity index (χ2v) is 10.6. The van der Waals surface area contributed by atoms with Gasteiger partial charge in [0.05, 0.1) is 21.5 Å². The van der Waals surface area contributed by atoms with E-state index in [0.717, 1.165) is 46.4 Å². The molecule has 0 radical (unpaired) electrons. The van der Waals surface area contributed by atoms with Crippen molar-refractivity contribution in [3.05, 3.63) is 30.0 Å². The molecular formula is C24H31N5OS. The molecule has 2 fully saturated rings. The van der Waals surface area contributed by atoms with E-state index >= 15 is 0 Å². The van der Waals surface area contributed by atoms with Crippen molar-refractivity contribution in [2.45, 2.75) is 51.0 Å². The first-order valence-corrected chi connectivity index (χ1v) is 12.1. The number of hydrogen-bond acceptors (Lipinski definition) is 7. The summed E-state index contributed by atoms with van der Waals surface area (Å²) in [5, 5.41) is 14.7. The van der Waals surface area contributed by atoms with Gasteiger partial charge in [0, 0.05) is 32.2 Å². The third-order valence-corrected chi connectivity index (χ3v) is 8.24. The quantitative estimate of drug-likeness (QED) is 0.571. The molecule has 2 heterocycles. The van der Waals surface area contributed by atoms with Crippen LogP contribution < -0.4 is 10.2 Å². The first kappa shape index (κ1) is 20.6. The van der Waals surface area contributed by atoms with Crippen molar-refractivity contribution in [2.24, 2.45) is 11.8 Å². The van der Waals surface area contributed by atoms with Crippen molar-refractivity contribution >= 4 is 33.3 Å². The Labute approximate surface area is 187 Å². The van der Waals surface area contributed by atoms with E-state index in [1.54, 1.807) is 11.3 Å². The van der Waals surface area contributed by atoms with Crippen LogP contribution in [0.5, 0.6) is 0 Å². The number of aliphatic hydroxyl groups excluding tert-OH is 1. The number of nitrogens with one attached hydrogen (secondary N) is 1. The van der Waals surface area contributed by atoms with Crippen LogP contribution in [-0.2, 0) is 0 Å². The van der Waals surface area contributed by atoms with E-state index in [-0.39, 0.29) is 12.1 Å². The molecule has 2 saturated carbocycles. The predicted octanol–water partition coefficient (Wildman–Crippen LogP) is 4.91. The Hall–Kier alpha value is -2.25. The predicted molar refractivity (Wildman–Crippen MR) is 128 cm³/mol. The summed E-state index contributed by atoms with van der Waals surface area (Å²) in [6.07, 6.45) is 4.38. The molecule has 2 aliphatic carbocycles. The highest BCUT2D eigenvalue weighted by atomic mass is 32.1. The molecule has 5 rings (SSSR count). The van der Waals surface area contributed by atoms with E-state index < -0.39 is 0 Å². The van der Waals surface area contributed by atoms with Gasteiger partial charge in [-0.15, -0.1) is 11.3 Å². The molecule has 164 valence electrons. The fourth-order valence-electron chi connectivity index (χ4n) is 4.78. The Bertz CT molecular complexity index is 1080. The molecule has 6 nitrogen and oxygen atoms in total. The third kappa shape index (κ3) is 3.68. The Kier molecular flexibility index (Phi) is 5.13. The van der Waals surface area contributed by atoms with Crippen LogP contribution in [0.4, 0.5) is 11.8 Å². The monoisotopic (exact) mass is 437 g/mol. The van der Waals surface area contributed by atoms with Crippen LogP contribution in [0.1, 0.15) is 51.1 Å². The van der Waals surface area contributed by atoms with Crippen LogP contribution in [0.3, 0.4) is 0 Å². The number of para-hydroxylation sites is 1. The third-order valence-electron chi connectivity index (χ3n) is 7.18. The molecule has 31 heavy (non-hydrogen) atoms. The summed E-state index contributed by atoms with van der Waals surface area (Å²) in [4.78, 5) is 16.9. The molecule has 7 heteroatoms. The van der Waals surface area contributed by atoms with E-state index in [0.29, 0.717) is 17.8 Å². The molecule has 0 bridgehead atoms. The number of anilines is 2. The summed E-state index contributed by atoms with van der Waals surface area (Å²) in [5.74, 6) is 2.77. The molecule has 3 atom stereocenters. The fraction of sp³-hybridized carbons (Fsp3) is 0.542. The Balaban J connectivity index is 1.66. The van der Waals surface area contributed by atoms with Crippen molar-refractivity contribution in [1.29, 1.82) is 0 Å². The Morgan fingerprint density at radius 1 is 1.16 bits per heavy atom. The van der Waals surface area contributed by atoms with Gasteiger partial charge in [0.2, 0.25) is 5.95 Å². The Morgan fingerprint density at radius 2 is 1.94 bits per heavy atom. The van der Waals surface area contributed by atoms with Gasteiger partial charge in [-0.1, -0.05) is 19.1 Å². The number of aromatic nitrogens is 3. The van der Waals surface area contributed by atoms with E-state index in [1.165, 1.54) is 17.5 Å². The van der Waals surface area contributed by atoms with Gasteiger partial charge in [-0.3, -0.25) is 0 Å². The van der Waals surface area contributed by atoms with Crippen molar-refractivity contribution in [2.75, 3.05) is 30.9 Å². The van der Waals surface area contributed by atoms with E-state index in [2.05, 4.69) is 37.4 Å². The van der Waals surface area contributed by atoms with E-state index in [1.807, 2.05) is 25.1 Å². The largest absolute Gasteiger partial charge is 0.396 e. The lowest BCUT2D eigenvalue weighted by Crippen LogP contribution is -2.40. The number of rotatable bonds is 6. The molecule has 2 aromatic heterocycles. The van der Waals surface area contributed by atoms with Crippen molar-refractivity contribution in [1.82, 2.24) is 15.0 Å². The van der Waals surface area contributed by atoms with Crippen LogP contribution in [-0.4, -0.2) is 46.3 Å². The molecule has 2 aliphatic rings. The topological polar surface area (TPSA) is 74.2 Å². The summed E-state index contributed by atoms with van der Waals surface area (Å²) in [7, 11) is 3.99. The van der Waals surface area contributed by atoms with Gasteiger partial charge in [0.1, 0.15) is 10.8 Å². The van der Waals surface area contributed by atoms with Crippen LogP contribution in [0.15, 0.2) is 24.3 Å². The zero-order valence-electron chi connectivity index (χ0n) is 18.7. The average molecular weight is 438 g/mol.